The first-order valence-corrected chi connectivity index (χ1v) is 7.49. The van der Waals surface area contributed by atoms with Crippen LogP contribution in [-0.4, -0.2) is 55.3 Å². The molecule has 1 atom stereocenters. The number of methoxy groups -OCH3 is 1. The van der Waals surface area contributed by atoms with Crippen LogP contribution in [-0.2, 0) is 4.74 Å². The van der Waals surface area contributed by atoms with E-state index in [0.29, 0.717) is 30.8 Å². The van der Waals surface area contributed by atoms with E-state index < -0.39 is 0 Å². The van der Waals surface area contributed by atoms with Crippen molar-refractivity contribution >= 4 is 17.5 Å². The predicted molar refractivity (Wildman–Crippen MR) is 81.9 cm³/mol. The number of carbonyl (C=O) groups is 1. The molecule has 1 fully saturated rings. The monoisotopic (exact) mass is 312 g/mol. The maximum atomic E-state index is 12.6. The maximum absolute atomic E-state index is 12.6. The molecule has 2 rings (SSSR count). The molecule has 1 unspecified atom stereocenters. The number of amides is 1. The van der Waals surface area contributed by atoms with Gasteiger partial charge in [0.1, 0.15) is 5.75 Å². The number of phenolic OH excluding ortho intramolecular Hbond substituents is 1. The SMILES string of the molecule is COCCN(CC1CCCN1)C(=O)c1ccc(Cl)cc1O. The van der Waals surface area contributed by atoms with Gasteiger partial charge in [-0.2, -0.15) is 0 Å². The Morgan fingerprint density at radius 3 is 3.00 bits per heavy atom. The fraction of sp³-hybridized carbons (Fsp3) is 0.533. The molecule has 6 heteroatoms. The molecular formula is C15H21ClN2O3. The molecule has 1 aromatic rings. The van der Waals surface area contributed by atoms with E-state index in [1.165, 1.54) is 6.07 Å². The van der Waals surface area contributed by atoms with E-state index in [1.807, 2.05) is 0 Å². The Kier molecular flexibility index (Phi) is 5.85. The van der Waals surface area contributed by atoms with Gasteiger partial charge in [0.2, 0.25) is 0 Å². The Balaban J connectivity index is 2.11. The zero-order valence-corrected chi connectivity index (χ0v) is 12.9. The quantitative estimate of drug-likeness (QED) is 0.842. The number of ether oxygens (including phenoxy) is 1. The normalized spacial score (nSPS) is 17.9. The van der Waals surface area contributed by atoms with Crippen molar-refractivity contribution in [1.82, 2.24) is 10.2 Å². The summed E-state index contributed by atoms with van der Waals surface area (Å²) in [4.78, 5) is 14.3. The van der Waals surface area contributed by atoms with E-state index in [-0.39, 0.29) is 17.2 Å². The zero-order valence-electron chi connectivity index (χ0n) is 12.1. The number of phenols is 1. The van der Waals surface area contributed by atoms with Crippen molar-refractivity contribution in [2.45, 2.75) is 18.9 Å². The first-order valence-electron chi connectivity index (χ1n) is 7.12. The number of nitrogens with zero attached hydrogens (tertiary/aromatic N) is 1. The van der Waals surface area contributed by atoms with Crippen LogP contribution in [0.25, 0.3) is 0 Å². The highest BCUT2D eigenvalue weighted by atomic mass is 35.5. The van der Waals surface area contributed by atoms with Crippen LogP contribution in [0.5, 0.6) is 5.75 Å². The van der Waals surface area contributed by atoms with Gasteiger partial charge >= 0.3 is 0 Å². The van der Waals surface area contributed by atoms with Gasteiger partial charge in [-0.15, -0.1) is 0 Å². The first-order chi connectivity index (χ1) is 10.1. The summed E-state index contributed by atoms with van der Waals surface area (Å²) in [5, 5.41) is 13.7. The van der Waals surface area contributed by atoms with Crippen LogP contribution in [0.15, 0.2) is 18.2 Å². The molecule has 1 saturated heterocycles. The van der Waals surface area contributed by atoms with Gasteiger partial charge in [0.15, 0.2) is 0 Å². The van der Waals surface area contributed by atoms with Gasteiger partial charge in [0.05, 0.1) is 12.2 Å². The summed E-state index contributed by atoms with van der Waals surface area (Å²) in [6, 6.07) is 4.86. The molecule has 2 N–H and O–H groups in total. The third-order valence-electron chi connectivity index (χ3n) is 3.65. The van der Waals surface area contributed by atoms with E-state index in [4.69, 9.17) is 16.3 Å². The Morgan fingerprint density at radius 2 is 2.38 bits per heavy atom. The van der Waals surface area contributed by atoms with E-state index in [9.17, 15) is 9.90 Å². The zero-order chi connectivity index (χ0) is 15.2. The molecule has 0 spiro atoms. The van der Waals surface area contributed by atoms with E-state index in [1.54, 1.807) is 24.1 Å². The summed E-state index contributed by atoms with van der Waals surface area (Å²) in [6.07, 6.45) is 2.19. The van der Waals surface area contributed by atoms with Crippen molar-refractivity contribution < 1.29 is 14.6 Å². The molecule has 1 aromatic carbocycles. The second kappa shape index (κ2) is 7.64. The van der Waals surface area contributed by atoms with Crippen molar-refractivity contribution in [3.8, 4) is 5.75 Å². The van der Waals surface area contributed by atoms with Gasteiger partial charge in [-0.3, -0.25) is 4.79 Å². The molecule has 0 aromatic heterocycles. The van der Waals surface area contributed by atoms with Crippen LogP contribution in [0.3, 0.4) is 0 Å². The summed E-state index contributed by atoms with van der Waals surface area (Å²) in [5.74, 6) is -0.288. The Hall–Kier alpha value is -1.30. The Morgan fingerprint density at radius 1 is 1.57 bits per heavy atom. The number of benzene rings is 1. The molecule has 0 aliphatic carbocycles. The molecule has 1 aliphatic rings. The smallest absolute Gasteiger partial charge is 0.257 e. The molecule has 5 nitrogen and oxygen atoms in total. The van der Waals surface area contributed by atoms with E-state index >= 15 is 0 Å². The largest absolute Gasteiger partial charge is 0.507 e. The summed E-state index contributed by atoms with van der Waals surface area (Å²) in [5.41, 5.74) is 0.272. The predicted octanol–water partition coefficient (Wildman–Crippen LogP) is 1.89. The standard InChI is InChI=1S/C15H21ClN2O3/c1-21-8-7-18(10-12-3-2-6-17-12)15(20)13-5-4-11(16)9-14(13)19/h4-5,9,12,17,19H,2-3,6-8,10H2,1H3. The highest BCUT2D eigenvalue weighted by Gasteiger charge is 2.24. The summed E-state index contributed by atoms with van der Waals surface area (Å²) in [7, 11) is 1.61. The molecule has 116 valence electrons. The van der Waals surface area contributed by atoms with Gasteiger partial charge in [-0.05, 0) is 37.6 Å². The minimum Gasteiger partial charge on any atom is -0.507 e. The molecule has 1 heterocycles. The van der Waals surface area contributed by atoms with Gasteiger partial charge in [-0.25, -0.2) is 0 Å². The first kappa shape index (κ1) is 16.1. The van der Waals surface area contributed by atoms with Crippen LogP contribution in [0.1, 0.15) is 23.2 Å². The van der Waals surface area contributed by atoms with E-state index in [2.05, 4.69) is 5.32 Å². The van der Waals surface area contributed by atoms with Crippen molar-refractivity contribution in [3.05, 3.63) is 28.8 Å². The third kappa shape index (κ3) is 4.33. The van der Waals surface area contributed by atoms with Crippen LogP contribution in [0, 0.1) is 0 Å². The molecule has 0 radical (unpaired) electrons. The van der Waals surface area contributed by atoms with Gasteiger partial charge in [-0.1, -0.05) is 11.6 Å². The lowest BCUT2D eigenvalue weighted by Crippen LogP contribution is -2.42. The maximum Gasteiger partial charge on any atom is 0.257 e. The van der Waals surface area contributed by atoms with Crippen molar-refractivity contribution in [3.63, 3.8) is 0 Å². The average Bonchev–Trinajstić information content (AvgIpc) is 2.95. The third-order valence-corrected chi connectivity index (χ3v) is 3.88. The average molecular weight is 313 g/mol. The lowest BCUT2D eigenvalue weighted by Gasteiger charge is -2.26. The van der Waals surface area contributed by atoms with Gasteiger partial charge < -0.3 is 20.1 Å². The van der Waals surface area contributed by atoms with Gasteiger partial charge in [0.25, 0.3) is 5.91 Å². The molecule has 0 saturated carbocycles. The fourth-order valence-corrected chi connectivity index (χ4v) is 2.68. The second-order valence-electron chi connectivity index (χ2n) is 5.20. The molecular weight excluding hydrogens is 292 g/mol. The van der Waals surface area contributed by atoms with Crippen LogP contribution >= 0.6 is 11.6 Å². The molecule has 21 heavy (non-hydrogen) atoms. The highest BCUT2D eigenvalue weighted by Crippen LogP contribution is 2.23. The minimum absolute atomic E-state index is 0.0886. The number of carbonyl (C=O) groups excluding carboxylic acids is 1. The lowest BCUT2D eigenvalue weighted by atomic mass is 10.1. The van der Waals surface area contributed by atoms with Gasteiger partial charge in [0, 0.05) is 31.3 Å². The molecule has 1 amide bonds. The Labute approximate surface area is 129 Å². The van der Waals surface area contributed by atoms with E-state index in [0.717, 1.165) is 19.4 Å². The van der Waals surface area contributed by atoms with Crippen molar-refractivity contribution in [1.29, 1.82) is 0 Å². The summed E-state index contributed by atoms with van der Waals surface area (Å²) in [6.45, 7) is 2.57. The summed E-state index contributed by atoms with van der Waals surface area (Å²) < 4.78 is 5.07. The number of hydrogen-bond acceptors (Lipinski definition) is 4. The van der Waals surface area contributed by atoms with Crippen LogP contribution in [0.4, 0.5) is 0 Å². The Bertz CT molecular complexity index is 490. The van der Waals surface area contributed by atoms with Crippen molar-refractivity contribution in [2.24, 2.45) is 0 Å². The highest BCUT2D eigenvalue weighted by molar-refractivity contribution is 6.30. The van der Waals surface area contributed by atoms with Crippen molar-refractivity contribution in [2.75, 3.05) is 33.4 Å². The number of aromatic hydroxyl groups is 1. The lowest BCUT2D eigenvalue weighted by molar-refractivity contribution is 0.0676. The second-order valence-corrected chi connectivity index (χ2v) is 5.64. The minimum atomic E-state index is -0.199. The summed E-state index contributed by atoms with van der Waals surface area (Å²) >= 11 is 5.81. The number of nitrogens with one attached hydrogen (secondary N) is 1. The molecule has 1 aliphatic heterocycles. The number of rotatable bonds is 6. The number of halogens is 1. The van der Waals surface area contributed by atoms with Crippen LogP contribution < -0.4 is 5.32 Å². The molecule has 0 bridgehead atoms. The fourth-order valence-electron chi connectivity index (χ4n) is 2.51. The van der Waals surface area contributed by atoms with Crippen LogP contribution in [0.2, 0.25) is 5.02 Å². The topological polar surface area (TPSA) is 61.8 Å². The number of hydrogen-bond donors (Lipinski definition) is 2.